The highest BCUT2D eigenvalue weighted by Crippen LogP contribution is 2.23. The Morgan fingerprint density at radius 1 is 0.630 bits per heavy atom. The van der Waals surface area contributed by atoms with E-state index in [1.54, 1.807) is 54.6 Å². The molecule has 0 spiro atoms. The molecule has 134 valence electrons. The Morgan fingerprint density at radius 2 is 1.11 bits per heavy atom. The van der Waals surface area contributed by atoms with Gasteiger partial charge in [0, 0.05) is 27.8 Å². The van der Waals surface area contributed by atoms with E-state index in [-0.39, 0.29) is 34.0 Å². The number of carbonyl (C=O) groups is 3. The Bertz CT molecular complexity index is 1060. The average molecular weight is 356 g/mol. The summed E-state index contributed by atoms with van der Waals surface area (Å²) in [4.78, 5) is 38.5. The Labute approximate surface area is 158 Å². The largest absolute Gasteiger partial charge is 0.294 e. The monoisotopic (exact) mass is 356 g/mol. The van der Waals surface area contributed by atoms with E-state index < -0.39 is 0 Å². The standard InChI is InChI=1S/C24H20O3/c1-15-7-4-9-18(13-15)23(26)21-12-6-11-20(17(3)25)22(21)24(27)19-10-5-8-16(2)14-19/h4-14H,1-3H3. The molecule has 3 nitrogen and oxygen atoms in total. The van der Waals surface area contributed by atoms with Gasteiger partial charge in [-0.25, -0.2) is 0 Å². The number of hydrogen-bond acceptors (Lipinski definition) is 3. The van der Waals surface area contributed by atoms with Gasteiger partial charge in [-0.15, -0.1) is 0 Å². The smallest absolute Gasteiger partial charge is 0.194 e. The van der Waals surface area contributed by atoms with Gasteiger partial charge in [-0.3, -0.25) is 14.4 Å². The lowest BCUT2D eigenvalue weighted by Gasteiger charge is -2.13. The van der Waals surface area contributed by atoms with Gasteiger partial charge in [0.2, 0.25) is 0 Å². The molecule has 0 unspecified atom stereocenters. The number of hydrogen-bond donors (Lipinski definition) is 0. The zero-order valence-electron chi connectivity index (χ0n) is 15.6. The molecule has 0 bridgehead atoms. The highest BCUT2D eigenvalue weighted by molar-refractivity contribution is 6.23. The molecule has 3 rings (SSSR count). The molecule has 0 saturated carbocycles. The van der Waals surface area contributed by atoms with Crippen molar-refractivity contribution in [3.63, 3.8) is 0 Å². The van der Waals surface area contributed by atoms with Crippen molar-refractivity contribution in [1.82, 2.24) is 0 Å². The highest BCUT2D eigenvalue weighted by Gasteiger charge is 2.24. The summed E-state index contributed by atoms with van der Waals surface area (Å²) in [6.45, 7) is 5.21. The van der Waals surface area contributed by atoms with Crippen molar-refractivity contribution in [2.45, 2.75) is 20.8 Å². The first kappa shape index (κ1) is 18.5. The van der Waals surface area contributed by atoms with E-state index in [1.807, 2.05) is 26.0 Å². The molecule has 0 aliphatic heterocycles. The highest BCUT2D eigenvalue weighted by atomic mass is 16.1. The molecule has 0 amide bonds. The lowest BCUT2D eigenvalue weighted by atomic mass is 9.88. The van der Waals surface area contributed by atoms with Gasteiger partial charge in [-0.05, 0) is 32.9 Å². The third kappa shape index (κ3) is 3.77. The van der Waals surface area contributed by atoms with E-state index in [0.717, 1.165) is 11.1 Å². The van der Waals surface area contributed by atoms with Gasteiger partial charge >= 0.3 is 0 Å². The molecule has 0 aliphatic carbocycles. The number of Topliss-reactive ketones (excluding diaryl/α,β-unsaturated/α-hetero) is 1. The van der Waals surface area contributed by atoms with Gasteiger partial charge in [-0.1, -0.05) is 65.7 Å². The molecule has 3 aromatic rings. The van der Waals surface area contributed by atoms with Crippen LogP contribution in [0.25, 0.3) is 0 Å². The molecule has 3 heteroatoms. The van der Waals surface area contributed by atoms with Crippen molar-refractivity contribution in [3.8, 4) is 0 Å². The van der Waals surface area contributed by atoms with Gasteiger partial charge in [0.25, 0.3) is 0 Å². The third-order valence-electron chi connectivity index (χ3n) is 4.48. The summed E-state index contributed by atoms with van der Waals surface area (Å²) in [5.41, 5.74) is 3.53. The molecular weight excluding hydrogens is 336 g/mol. The van der Waals surface area contributed by atoms with Crippen molar-refractivity contribution in [2.75, 3.05) is 0 Å². The summed E-state index contributed by atoms with van der Waals surface area (Å²) < 4.78 is 0. The fraction of sp³-hybridized carbons (Fsp3) is 0.125. The van der Waals surface area contributed by atoms with Gasteiger partial charge in [-0.2, -0.15) is 0 Å². The predicted molar refractivity (Wildman–Crippen MR) is 106 cm³/mol. The van der Waals surface area contributed by atoms with Crippen LogP contribution < -0.4 is 0 Å². The molecule has 0 aliphatic rings. The van der Waals surface area contributed by atoms with E-state index in [0.29, 0.717) is 11.1 Å². The second-order valence-corrected chi connectivity index (χ2v) is 6.68. The summed E-state index contributed by atoms with van der Waals surface area (Å²) in [5, 5.41) is 0. The van der Waals surface area contributed by atoms with Gasteiger partial charge in [0.1, 0.15) is 0 Å². The number of aryl methyl sites for hydroxylation is 2. The Hall–Kier alpha value is -3.33. The van der Waals surface area contributed by atoms with Crippen LogP contribution in [0.4, 0.5) is 0 Å². The minimum atomic E-state index is -0.319. The first-order valence-corrected chi connectivity index (χ1v) is 8.75. The molecule has 0 heterocycles. The van der Waals surface area contributed by atoms with Crippen LogP contribution >= 0.6 is 0 Å². The normalized spacial score (nSPS) is 10.5. The second-order valence-electron chi connectivity index (χ2n) is 6.68. The zero-order chi connectivity index (χ0) is 19.6. The maximum Gasteiger partial charge on any atom is 0.194 e. The summed E-state index contributed by atoms with van der Waals surface area (Å²) in [6, 6.07) is 19.2. The van der Waals surface area contributed by atoms with Crippen LogP contribution in [-0.2, 0) is 0 Å². The second kappa shape index (κ2) is 7.50. The quantitative estimate of drug-likeness (QED) is 0.607. The summed E-state index contributed by atoms with van der Waals surface area (Å²) in [7, 11) is 0. The molecule has 0 fully saturated rings. The maximum atomic E-state index is 13.2. The van der Waals surface area contributed by atoms with E-state index in [1.165, 1.54) is 6.92 Å². The van der Waals surface area contributed by atoms with E-state index >= 15 is 0 Å². The third-order valence-corrected chi connectivity index (χ3v) is 4.48. The van der Waals surface area contributed by atoms with Crippen molar-refractivity contribution in [2.24, 2.45) is 0 Å². The van der Waals surface area contributed by atoms with E-state index in [2.05, 4.69) is 0 Å². The summed E-state index contributed by atoms with van der Waals surface area (Å²) in [5.74, 6) is -0.830. The zero-order valence-corrected chi connectivity index (χ0v) is 15.6. The number of benzene rings is 3. The van der Waals surface area contributed by atoms with E-state index in [4.69, 9.17) is 0 Å². The van der Waals surface area contributed by atoms with Crippen LogP contribution in [0.3, 0.4) is 0 Å². The first-order chi connectivity index (χ1) is 12.9. The van der Waals surface area contributed by atoms with Gasteiger partial charge < -0.3 is 0 Å². The van der Waals surface area contributed by atoms with Gasteiger partial charge in [0.15, 0.2) is 17.3 Å². The lowest BCUT2D eigenvalue weighted by Crippen LogP contribution is -2.16. The fourth-order valence-electron chi connectivity index (χ4n) is 3.15. The van der Waals surface area contributed by atoms with Crippen molar-refractivity contribution >= 4 is 17.3 Å². The van der Waals surface area contributed by atoms with Crippen molar-refractivity contribution < 1.29 is 14.4 Å². The minimum absolute atomic E-state index is 0.169. The van der Waals surface area contributed by atoms with Crippen LogP contribution in [0.1, 0.15) is 60.3 Å². The molecule has 27 heavy (non-hydrogen) atoms. The number of ketones is 3. The van der Waals surface area contributed by atoms with E-state index in [9.17, 15) is 14.4 Å². The molecule has 0 radical (unpaired) electrons. The first-order valence-electron chi connectivity index (χ1n) is 8.75. The Kier molecular flexibility index (Phi) is 5.13. The molecular formula is C24H20O3. The molecule has 0 N–H and O–H groups in total. The summed E-state index contributed by atoms with van der Waals surface area (Å²) in [6.07, 6.45) is 0. The maximum absolute atomic E-state index is 13.2. The summed E-state index contributed by atoms with van der Waals surface area (Å²) >= 11 is 0. The molecule has 0 saturated heterocycles. The molecule has 0 aromatic heterocycles. The fourth-order valence-corrected chi connectivity index (χ4v) is 3.15. The lowest BCUT2D eigenvalue weighted by molar-refractivity contribution is 0.0983. The van der Waals surface area contributed by atoms with Gasteiger partial charge in [0.05, 0.1) is 0 Å². The number of carbonyl (C=O) groups excluding carboxylic acids is 3. The topological polar surface area (TPSA) is 51.2 Å². The van der Waals surface area contributed by atoms with Crippen LogP contribution in [0.15, 0.2) is 66.7 Å². The Balaban J connectivity index is 2.21. The van der Waals surface area contributed by atoms with Crippen LogP contribution in [0.5, 0.6) is 0 Å². The van der Waals surface area contributed by atoms with Crippen LogP contribution in [0.2, 0.25) is 0 Å². The molecule has 3 aromatic carbocycles. The predicted octanol–water partition coefficient (Wildman–Crippen LogP) is 4.97. The van der Waals surface area contributed by atoms with Crippen LogP contribution in [-0.4, -0.2) is 17.3 Å². The molecule has 0 atom stereocenters. The van der Waals surface area contributed by atoms with Crippen molar-refractivity contribution in [3.05, 3.63) is 106 Å². The SMILES string of the molecule is CC(=O)c1cccc(C(=O)c2cccc(C)c2)c1C(=O)c1cccc(C)c1. The average Bonchev–Trinajstić information content (AvgIpc) is 2.66. The van der Waals surface area contributed by atoms with Crippen molar-refractivity contribution in [1.29, 1.82) is 0 Å². The Morgan fingerprint density at radius 3 is 1.63 bits per heavy atom. The minimum Gasteiger partial charge on any atom is -0.294 e. The van der Waals surface area contributed by atoms with Crippen LogP contribution in [0, 0.1) is 13.8 Å². The number of rotatable bonds is 5.